The Balaban J connectivity index is 2.82. The third-order valence-electron chi connectivity index (χ3n) is 2.09. The molecular formula is C10H11ClF3NO. The zero-order valence-corrected chi connectivity index (χ0v) is 9.27. The van der Waals surface area contributed by atoms with Crippen molar-refractivity contribution in [3.05, 3.63) is 28.8 Å². The van der Waals surface area contributed by atoms with Gasteiger partial charge < -0.3 is 10.5 Å². The summed E-state index contributed by atoms with van der Waals surface area (Å²) in [5, 5.41) is 0.354. The van der Waals surface area contributed by atoms with Crippen molar-refractivity contribution in [1.29, 1.82) is 0 Å². The molecule has 0 bridgehead atoms. The first-order valence-electron chi connectivity index (χ1n) is 4.49. The summed E-state index contributed by atoms with van der Waals surface area (Å²) in [5.41, 5.74) is 5.45. The van der Waals surface area contributed by atoms with Gasteiger partial charge >= 0.3 is 6.18 Å². The van der Waals surface area contributed by atoms with Crippen LogP contribution < -0.4 is 10.5 Å². The number of halogens is 4. The Hall–Kier alpha value is -0.940. The standard InChI is InChI=1S/C10H11ClF3NO/c1-16-8-4-6(2-3-7(8)11)5-9(15)10(12,13)14/h2-4,9H,5,15H2,1H3. The summed E-state index contributed by atoms with van der Waals surface area (Å²) >= 11 is 5.74. The molecule has 0 aliphatic carbocycles. The number of rotatable bonds is 3. The number of hydrogen-bond donors (Lipinski definition) is 1. The second-order valence-corrected chi connectivity index (χ2v) is 3.73. The number of hydrogen-bond acceptors (Lipinski definition) is 2. The van der Waals surface area contributed by atoms with Crippen molar-refractivity contribution in [2.45, 2.75) is 18.6 Å². The van der Waals surface area contributed by atoms with E-state index in [9.17, 15) is 13.2 Å². The monoisotopic (exact) mass is 253 g/mol. The van der Waals surface area contributed by atoms with Gasteiger partial charge in [-0.2, -0.15) is 13.2 Å². The fraction of sp³-hybridized carbons (Fsp3) is 0.400. The van der Waals surface area contributed by atoms with E-state index in [1.54, 1.807) is 0 Å². The molecule has 1 unspecified atom stereocenters. The van der Waals surface area contributed by atoms with E-state index in [4.69, 9.17) is 22.1 Å². The van der Waals surface area contributed by atoms with Gasteiger partial charge in [0.05, 0.1) is 12.1 Å². The van der Waals surface area contributed by atoms with E-state index >= 15 is 0 Å². The van der Waals surface area contributed by atoms with E-state index in [2.05, 4.69) is 0 Å². The van der Waals surface area contributed by atoms with Crippen LogP contribution in [0.25, 0.3) is 0 Å². The van der Waals surface area contributed by atoms with Crippen LogP contribution >= 0.6 is 11.6 Å². The lowest BCUT2D eigenvalue weighted by Crippen LogP contribution is -2.39. The fourth-order valence-electron chi connectivity index (χ4n) is 1.20. The molecule has 0 saturated heterocycles. The van der Waals surface area contributed by atoms with Gasteiger partial charge in [0.25, 0.3) is 0 Å². The largest absolute Gasteiger partial charge is 0.495 e. The Labute approximate surface area is 96.1 Å². The Kier molecular flexibility index (Phi) is 4.04. The molecule has 1 rings (SSSR count). The molecule has 0 aliphatic rings. The molecule has 0 aromatic heterocycles. The number of ether oxygens (including phenoxy) is 1. The van der Waals surface area contributed by atoms with Gasteiger partial charge in [0, 0.05) is 0 Å². The third-order valence-corrected chi connectivity index (χ3v) is 2.40. The zero-order chi connectivity index (χ0) is 12.3. The molecule has 1 atom stereocenters. The third kappa shape index (κ3) is 3.28. The highest BCUT2D eigenvalue weighted by Crippen LogP contribution is 2.27. The van der Waals surface area contributed by atoms with Gasteiger partial charge in [0.15, 0.2) is 0 Å². The van der Waals surface area contributed by atoms with E-state index in [1.807, 2.05) is 0 Å². The minimum atomic E-state index is -4.40. The topological polar surface area (TPSA) is 35.2 Å². The maximum absolute atomic E-state index is 12.2. The molecule has 0 amide bonds. The molecule has 0 aliphatic heterocycles. The lowest BCUT2D eigenvalue weighted by atomic mass is 10.1. The molecular weight excluding hydrogens is 243 g/mol. The van der Waals surface area contributed by atoms with E-state index in [0.717, 1.165) is 0 Å². The molecule has 0 spiro atoms. The molecule has 0 heterocycles. The summed E-state index contributed by atoms with van der Waals surface area (Å²) < 4.78 is 41.5. The second kappa shape index (κ2) is 4.93. The normalized spacial score (nSPS) is 13.6. The average molecular weight is 254 g/mol. The number of benzene rings is 1. The predicted molar refractivity (Wildman–Crippen MR) is 55.7 cm³/mol. The summed E-state index contributed by atoms with van der Waals surface area (Å²) in [6, 6.07) is 2.56. The van der Waals surface area contributed by atoms with Gasteiger partial charge in [-0.1, -0.05) is 17.7 Å². The summed E-state index contributed by atoms with van der Waals surface area (Å²) in [7, 11) is 1.40. The summed E-state index contributed by atoms with van der Waals surface area (Å²) in [4.78, 5) is 0. The maximum Gasteiger partial charge on any atom is 0.403 e. The first-order chi connectivity index (χ1) is 7.34. The molecule has 0 saturated carbocycles. The highest BCUT2D eigenvalue weighted by molar-refractivity contribution is 6.32. The minimum Gasteiger partial charge on any atom is -0.495 e. The van der Waals surface area contributed by atoms with E-state index < -0.39 is 12.2 Å². The van der Waals surface area contributed by atoms with Crippen LogP contribution in [0.5, 0.6) is 5.75 Å². The first kappa shape index (κ1) is 13.1. The molecule has 2 nitrogen and oxygen atoms in total. The molecule has 0 radical (unpaired) electrons. The Morgan fingerprint density at radius 1 is 1.44 bits per heavy atom. The van der Waals surface area contributed by atoms with Crippen molar-refractivity contribution >= 4 is 11.6 Å². The molecule has 2 N–H and O–H groups in total. The van der Waals surface area contributed by atoms with Crippen molar-refractivity contribution in [2.75, 3.05) is 7.11 Å². The van der Waals surface area contributed by atoms with Crippen LogP contribution in [0.2, 0.25) is 5.02 Å². The molecule has 16 heavy (non-hydrogen) atoms. The fourth-order valence-corrected chi connectivity index (χ4v) is 1.40. The highest BCUT2D eigenvalue weighted by Gasteiger charge is 2.36. The van der Waals surface area contributed by atoms with Gasteiger partial charge in [-0.25, -0.2) is 0 Å². The van der Waals surface area contributed by atoms with Crippen LogP contribution in [0.3, 0.4) is 0 Å². The lowest BCUT2D eigenvalue weighted by molar-refractivity contribution is -0.147. The van der Waals surface area contributed by atoms with Crippen LogP contribution in [-0.4, -0.2) is 19.3 Å². The van der Waals surface area contributed by atoms with Crippen LogP contribution in [0.1, 0.15) is 5.56 Å². The Morgan fingerprint density at radius 2 is 2.06 bits per heavy atom. The van der Waals surface area contributed by atoms with E-state index in [0.29, 0.717) is 16.3 Å². The molecule has 6 heteroatoms. The van der Waals surface area contributed by atoms with Crippen molar-refractivity contribution in [1.82, 2.24) is 0 Å². The summed E-state index contributed by atoms with van der Waals surface area (Å²) in [6.07, 6.45) is -4.69. The lowest BCUT2D eigenvalue weighted by Gasteiger charge is -2.16. The minimum absolute atomic E-state index is 0.295. The van der Waals surface area contributed by atoms with Crippen molar-refractivity contribution in [3.63, 3.8) is 0 Å². The SMILES string of the molecule is COc1cc(CC(N)C(F)(F)F)ccc1Cl. The molecule has 1 aromatic rings. The maximum atomic E-state index is 12.2. The van der Waals surface area contributed by atoms with Crippen molar-refractivity contribution in [2.24, 2.45) is 5.73 Å². The number of nitrogens with two attached hydrogens (primary N) is 1. The first-order valence-corrected chi connectivity index (χ1v) is 4.87. The van der Waals surface area contributed by atoms with Gasteiger partial charge in [0.1, 0.15) is 11.8 Å². The van der Waals surface area contributed by atoms with Gasteiger partial charge in [-0.05, 0) is 24.1 Å². The second-order valence-electron chi connectivity index (χ2n) is 3.32. The van der Waals surface area contributed by atoms with E-state index in [1.165, 1.54) is 25.3 Å². The number of alkyl halides is 3. The quantitative estimate of drug-likeness (QED) is 0.899. The van der Waals surface area contributed by atoms with E-state index in [-0.39, 0.29) is 6.42 Å². The highest BCUT2D eigenvalue weighted by atomic mass is 35.5. The Bertz CT molecular complexity index is 368. The summed E-state index contributed by atoms with van der Waals surface area (Å²) in [5.74, 6) is 0.341. The van der Waals surface area contributed by atoms with Gasteiger partial charge in [0.2, 0.25) is 0 Å². The van der Waals surface area contributed by atoms with Crippen molar-refractivity contribution < 1.29 is 17.9 Å². The predicted octanol–water partition coefficient (Wildman–Crippen LogP) is 2.78. The van der Waals surface area contributed by atoms with Crippen LogP contribution in [0, 0.1) is 0 Å². The smallest absolute Gasteiger partial charge is 0.403 e. The zero-order valence-electron chi connectivity index (χ0n) is 8.51. The molecule has 0 fully saturated rings. The number of methoxy groups -OCH3 is 1. The molecule has 1 aromatic carbocycles. The van der Waals surface area contributed by atoms with Crippen LogP contribution in [0.15, 0.2) is 18.2 Å². The van der Waals surface area contributed by atoms with Crippen LogP contribution in [0.4, 0.5) is 13.2 Å². The Morgan fingerprint density at radius 3 is 2.56 bits per heavy atom. The molecule has 90 valence electrons. The van der Waals surface area contributed by atoms with Crippen LogP contribution in [-0.2, 0) is 6.42 Å². The van der Waals surface area contributed by atoms with Gasteiger partial charge in [-0.15, -0.1) is 0 Å². The average Bonchev–Trinajstić information content (AvgIpc) is 2.19. The summed E-state index contributed by atoms with van der Waals surface area (Å²) in [6.45, 7) is 0. The van der Waals surface area contributed by atoms with Gasteiger partial charge in [-0.3, -0.25) is 0 Å². The van der Waals surface area contributed by atoms with Crippen molar-refractivity contribution in [3.8, 4) is 5.75 Å².